The van der Waals surface area contributed by atoms with Crippen LogP contribution in [0.4, 0.5) is 5.69 Å². The first-order valence-electron chi connectivity index (χ1n) is 12.7. The van der Waals surface area contributed by atoms with Crippen molar-refractivity contribution in [1.82, 2.24) is 0 Å². The number of hydrogen-bond acceptors (Lipinski definition) is 5. The molecule has 4 aromatic rings. The summed E-state index contributed by atoms with van der Waals surface area (Å²) in [5, 5.41) is 1.25. The van der Waals surface area contributed by atoms with E-state index in [0.717, 1.165) is 11.1 Å². The maximum Gasteiger partial charge on any atom is 0.337 e. The molecule has 1 heterocycles. The number of benzene rings is 4. The quantitative estimate of drug-likeness (QED) is 0.200. The number of nitrogens with zero attached hydrogens (tertiary/aromatic N) is 1. The van der Waals surface area contributed by atoms with Crippen molar-refractivity contribution in [3.05, 3.63) is 101 Å². The molecule has 1 aliphatic heterocycles. The van der Waals surface area contributed by atoms with Gasteiger partial charge in [0, 0.05) is 21.9 Å². The van der Waals surface area contributed by atoms with E-state index in [2.05, 4.69) is 27.7 Å². The second kappa shape index (κ2) is 9.78. The number of esters is 1. The lowest BCUT2D eigenvalue weighted by Gasteiger charge is -2.32. The highest BCUT2D eigenvalue weighted by Crippen LogP contribution is 2.42. The van der Waals surface area contributed by atoms with Crippen LogP contribution in [0.2, 0.25) is 0 Å². The smallest absolute Gasteiger partial charge is 0.337 e. The van der Waals surface area contributed by atoms with Crippen LogP contribution in [0.5, 0.6) is 11.5 Å². The Kier molecular flexibility index (Phi) is 6.49. The molecule has 0 N–H and O–H groups in total. The summed E-state index contributed by atoms with van der Waals surface area (Å²) < 4.78 is 10.9. The lowest BCUT2D eigenvalue weighted by Crippen LogP contribution is -2.41. The number of rotatable bonds is 6. The van der Waals surface area contributed by atoms with Crippen LogP contribution in [0.1, 0.15) is 81.7 Å². The van der Waals surface area contributed by atoms with E-state index in [4.69, 9.17) is 9.47 Å². The molecular formula is C32H29NO5. The fraction of sp³-hybridized carbons (Fsp3) is 0.219. The maximum atomic E-state index is 14.0. The number of carbonyl (C=O) groups is 3. The monoisotopic (exact) mass is 507 g/mol. The minimum absolute atomic E-state index is 0.128. The van der Waals surface area contributed by atoms with Crippen LogP contribution < -0.4 is 9.64 Å². The van der Waals surface area contributed by atoms with Crippen LogP contribution in [0, 0.1) is 0 Å². The van der Waals surface area contributed by atoms with Gasteiger partial charge in [-0.05, 0) is 65.4 Å². The Morgan fingerprint density at radius 3 is 1.89 bits per heavy atom. The molecule has 1 aliphatic rings. The second-order valence-electron chi connectivity index (χ2n) is 10.00. The zero-order valence-corrected chi connectivity index (χ0v) is 22.1. The van der Waals surface area contributed by atoms with E-state index in [1.165, 1.54) is 12.0 Å². The maximum absolute atomic E-state index is 14.0. The van der Waals surface area contributed by atoms with Gasteiger partial charge in [-0.15, -0.1) is 0 Å². The highest BCUT2D eigenvalue weighted by atomic mass is 16.5. The lowest BCUT2D eigenvalue weighted by molar-refractivity contribution is 0.0600. The number of para-hydroxylation sites is 1. The van der Waals surface area contributed by atoms with Crippen LogP contribution in [0.3, 0.4) is 0 Å². The molecule has 0 atom stereocenters. The van der Waals surface area contributed by atoms with Gasteiger partial charge in [-0.1, -0.05) is 58.0 Å². The molecule has 0 saturated heterocycles. The molecule has 4 aromatic carbocycles. The molecule has 5 rings (SSSR count). The van der Waals surface area contributed by atoms with Crippen molar-refractivity contribution >= 4 is 34.2 Å². The largest absolute Gasteiger partial charge is 0.465 e. The van der Waals surface area contributed by atoms with Crippen molar-refractivity contribution in [2.75, 3.05) is 12.0 Å². The highest BCUT2D eigenvalue weighted by molar-refractivity contribution is 6.36. The van der Waals surface area contributed by atoms with Crippen LogP contribution in [0.15, 0.2) is 72.8 Å². The summed E-state index contributed by atoms with van der Waals surface area (Å²) in [5.74, 6) is 0.159. The molecule has 6 nitrogen and oxygen atoms in total. The Morgan fingerprint density at radius 1 is 0.737 bits per heavy atom. The van der Waals surface area contributed by atoms with Crippen LogP contribution in [-0.4, -0.2) is 24.9 Å². The molecule has 192 valence electrons. The molecule has 2 amide bonds. The van der Waals surface area contributed by atoms with Gasteiger partial charge in [0.1, 0.15) is 11.5 Å². The molecule has 0 aliphatic carbocycles. The number of amides is 2. The summed E-state index contributed by atoms with van der Waals surface area (Å²) in [6, 6.07) is 21.4. The number of ether oxygens (including phenoxy) is 2. The average Bonchev–Trinajstić information content (AvgIpc) is 2.92. The van der Waals surface area contributed by atoms with Gasteiger partial charge in [0.2, 0.25) is 0 Å². The summed E-state index contributed by atoms with van der Waals surface area (Å²) in [5.41, 5.74) is 3.93. The summed E-state index contributed by atoms with van der Waals surface area (Å²) in [6.45, 7) is 8.27. The number of anilines is 1. The van der Waals surface area contributed by atoms with Crippen molar-refractivity contribution < 1.29 is 23.9 Å². The fourth-order valence-electron chi connectivity index (χ4n) is 5.04. The van der Waals surface area contributed by atoms with Gasteiger partial charge in [-0.3, -0.25) is 9.59 Å². The van der Waals surface area contributed by atoms with Gasteiger partial charge >= 0.3 is 5.97 Å². The van der Waals surface area contributed by atoms with E-state index in [1.54, 1.807) is 48.5 Å². The Hall–Kier alpha value is -4.45. The molecule has 38 heavy (non-hydrogen) atoms. The van der Waals surface area contributed by atoms with E-state index in [0.29, 0.717) is 44.6 Å². The molecule has 0 saturated carbocycles. The van der Waals surface area contributed by atoms with Gasteiger partial charge in [0.05, 0.1) is 18.4 Å². The molecule has 0 spiro atoms. The lowest BCUT2D eigenvalue weighted by atomic mass is 9.88. The van der Waals surface area contributed by atoms with Crippen LogP contribution in [0.25, 0.3) is 10.8 Å². The molecule has 0 bridgehead atoms. The molecule has 6 heteroatoms. The third-order valence-corrected chi connectivity index (χ3v) is 6.94. The predicted octanol–water partition coefficient (Wildman–Crippen LogP) is 7.47. The molecule has 0 radical (unpaired) electrons. The van der Waals surface area contributed by atoms with Gasteiger partial charge in [-0.25, -0.2) is 9.69 Å². The summed E-state index contributed by atoms with van der Waals surface area (Å²) in [4.78, 5) is 41.1. The zero-order chi connectivity index (χ0) is 27.1. The van der Waals surface area contributed by atoms with Crippen molar-refractivity contribution in [3.8, 4) is 11.5 Å². The summed E-state index contributed by atoms with van der Waals surface area (Å²) in [7, 11) is 1.33. The predicted molar refractivity (Wildman–Crippen MR) is 148 cm³/mol. The molecule has 0 aromatic heterocycles. The van der Waals surface area contributed by atoms with Crippen molar-refractivity contribution in [2.45, 2.75) is 39.5 Å². The fourth-order valence-corrected chi connectivity index (χ4v) is 5.04. The topological polar surface area (TPSA) is 72.9 Å². The number of carbonyl (C=O) groups excluding carboxylic acids is 3. The average molecular weight is 508 g/mol. The standard InChI is InChI=1S/C32H29NO5/c1-18(2)22-8-6-9-23(19(3)4)29(22)33-30(34)25-11-7-10-24-27(17-16-26(28(24)25)31(33)35)38-21-14-12-20(13-15-21)32(36)37-5/h6-19H,1-5H3. The van der Waals surface area contributed by atoms with E-state index in [1.807, 2.05) is 24.3 Å². The first kappa shape index (κ1) is 25.2. The Morgan fingerprint density at radius 2 is 1.32 bits per heavy atom. The summed E-state index contributed by atoms with van der Waals surface area (Å²) >= 11 is 0. The number of hydrogen-bond donors (Lipinski definition) is 0. The zero-order valence-electron chi connectivity index (χ0n) is 22.1. The second-order valence-corrected chi connectivity index (χ2v) is 10.00. The number of methoxy groups -OCH3 is 1. The third-order valence-electron chi connectivity index (χ3n) is 6.94. The normalized spacial score (nSPS) is 13.0. The SMILES string of the molecule is COC(=O)c1ccc(Oc2ccc3c4c(cccc24)C(=O)N(c2c(C(C)C)cccc2C(C)C)C3=O)cc1. The van der Waals surface area contributed by atoms with Crippen LogP contribution >= 0.6 is 0 Å². The van der Waals surface area contributed by atoms with Gasteiger partial charge in [0.15, 0.2) is 0 Å². The third kappa shape index (κ3) is 4.12. The van der Waals surface area contributed by atoms with Gasteiger partial charge in [-0.2, -0.15) is 0 Å². The van der Waals surface area contributed by atoms with Crippen LogP contribution in [-0.2, 0) is 4.74 Å². The van der Waals surface area contributed by atoms with E-state index in [9.17, 15) is 14.4 Å². The Labute approximate surface area is 221 Å². The molecule has 0 unspecified atom stereocenters. The van der Waals surface area contributed by atoms with Crippen molar-refractivity contribution in [3.63, 3.8) is 0 Å². The minimum atomic E-state index is -0.431. The molecule has 0 fully saturated rings. The Balaban J connectivity index is 1.61. The van der Waals surface area contributed by atoms with Crippen molar-refractivity contribution in [1.29, 1.82) is 0 Å². The van der Waals surface area contributed by atoms with Gasteiger partial charge < -0.3 is 9.47 Å². The number of imide groups is 1. The van der Waals surface area contributed by atoms with Crippen molar-refractivity contribution in [2.24, 2.45) is 0 Å². The van der Waals surface area contributed by atoms with E-state index >= 15 is 0 Å². The van der Waals surface area contributed by atoms with E-state index < -0.39 is 5.97 Å². The summed E-state index contributed by atoms with van der Waals surface area (Å²) in [6.07, 6.45) is 0. The molecular weight excluding hydrogens is 478 g/mol. The first-order chi connectivity index (χ1) is 18.2. The van der Waals surface area contributed by atoms with Gasteiger partial charge in [0.25, 0.3) is 11.8 Å². The first-order valence-corrected chi connectivity index (χ1v) is 12.7. The highest BCUT2D eigenvalue weighted by Gasteiger charge is 2.37. The minimum Gasteiger partial charge on any atom is -0.465 e. The Bertz CT molecular complexity index is 1540. The van der Waals surface area contributed by atoms with E-state index in [-0.39, 0.29) is 23.7 Å².